The number of rotatable bonds is 2. The molecule has 0 bridgehead atoms. The van der Waals surface area contributed by atoms with Gasteiger partial charge < -0.3 is 4.74 Å². The summed E-state index contributed by atoms with van der Waals surface area (Å²) >= 11 is 0. The van der Waals surface area contributed by atoms with E-state index >= 15 is 0 Å². The number of nitrogens with zero attached hydrogens (tertiary/aromatic N) is 2. The summed E-state index contributed by atoms with van der Waals surface area (Å²) in [5, 5.41) is 9.72. The molecule has 0 spiro atoms. The third kappa shape index (κ3) is 2.30. The van der Waals surface area contributed by atoms with E-state index in [1.165, 1.54) is 12.1 Å². The van der Waals surface area contributed by atoms with E-state index in [-0.39, 0.29) is 23.8 Å². The molecule has 1 N–H and O–H groups in total. The van der Waals surface area contributed by atoms with Gasteiger partial charge in [0.2, 0.25) is 0 Å². The molecular weight excluding hydrogens is 240 g/mol. The van der Waals surface area contributed by atoms with E-state index < -0.39 is 17.9 Å². The first kappa shape index (κ1) is 12.1. The Hall–Kier alpha value is -2.41. The van der Waals surface area contributed by atoms with E-state index in [0.717, 1.165) is 0 Å². The lowest BCUT2D eigenvalue weighted by molar-refractivity contribution is -0.207. The number of imide groups is 1. The molecule has 0 saturated carbocycles. The van der Waals surface area contributed by atoms with Crippen molar-refractivity contribution in [1.82, 2.24) is 10.2 Å². The molecule has 1 aromatic rings. The number of hydroxylamine groups is 1. The van der Waals surface area contributed by atoms with Crippen molar-refractivity contribution >= 4 is 17.9 Å². The molecule has 0 radical (unpaired) electrons. The van der Waals surface area contributed by atoms with Gasteiger partial charge in [-0.1, -0.05) is 23.4 Å². The van der Waals surface area contributed by atoms with Crippen LogP contribution in [0.5, 0.6) is 5.75 Å². The fourth-order valence-electron chi connectivity index (χ4n) is 1.49. The molecule has 7 heteroatoms. The highest BCUT2D eigenvalue weighted by atomic mass is 16.7. The smallest absolute Gasteiger partial charge is 0.407 e. The molecule has 2 rings (SSSR count). The third-order valence-corrected chi connectivity index (χ3v) is 2.33. The van der Waals surface area contributed by atoms with Crippen molar-refractivity contribution < 1.29 is 24.3 Å². The zero-order chi connectivity index (χ0) is 13.1. The predicted octanol–water partition coefficient (Wildman–Crippen LogP) is 0.941. The van der Waals surface area contributed by atoms with Gasteiger partial charge in [-0.15, -0.1) is 0 Å². The predicted molar refractivity (Wildman–Crippen MR) is 57.2 cm³/mol. The van der Waals surface area contributed by atoms with Crippen LogP contribution in [0.15, 0.2) is 30.3 Å². The summed E-state index contributed by atoms with van der Waals surface area (Å²) in [6, 6.07) is 7.99. The van der Waals surface area contributed by atoms with E-state index in [4.69, 9.17) is 4.74 Å². The SMILES string of the molecule is O=C(Oc1ccccc1)N(O)N1C(=O)CCC1=O. The summed E-state index contributed by atoms with van der Waals surface area (Å²) in [6.07, 6.45) is -1.28. The van der Waals surface area contributed by atoms with Crippen molar-refractivity contribution in [3.05, 3.63) is 30.3 Å². The largest absolute Gasteiger partial charge is 0.460 e. The van der Waals surface area contributed by atoms with Crippen molar-refractivity contribution in [3.63, 3.8) is 0 Å². The maximum atomic E-state index is 11.5. The van der Waals surface area contributed by atoms with Crippen LogP contribution < -0.4 is 4.74 Å². The lowest BCUT2D eigenvalue weighted by atomic mass is 10.3. The van der Waals surface area contributed by atoms with Gasteiger partial charge in [0.1, 0.15) is 5.75 Å². The first-order chi connectivity index (χ1) is 8.59. The number of ether oxygens (including phenoxy) is 1. The highest BCUT2D eigenvalue weighted by Gasteiger charge is 2.37. The Morgan fingerprint density at radius 1 is 1.17 bits per heavy atom. The van der Waals surface area contributed by atoms with Gasteiger partial charge in [0.05, 0.1) is 0 Å². The van der Waals surface area contributed by atoms with Crippen LogP contribution in [0.2, 0.25) is 0 Å². The molecule has 18 heavy (non-hydrogen) atoms. The second-order valence-electron chi connectivity index (χ2n) is 3.57. The minimum Gasteiger partial charge on any atom is -0.407 e. The van der Waals surface area contributed by atoms with E-state index in [1.54, 1.807) is 18.2 Å². The summed E-state index contributed by atoms with van der Waals surface area (Å²) < 4.78 is 4.78. The molecule has 3 amide bonds. The van der Waals surface area contributed by atoms with Crippen molar-refractivity contribution in [3.8, 4) is 5.75 Å². The Bertz CT molecular complexity index is 471. The van der Waals surface area contributed by atoms with Crippen LogP contribution in [0.3, 0.4) is 0 Å². The zero-order valence-corrected chi connectivity index (χ0v) is 9.28. The molecule has 94 valence electrons. The van der Waals surface area contributed by atoms with Crippen LogP contribution in [0.25, 0.3) is 0 Å². The number of hydrazine groups is 1. The fourth-order valence-corrected chi connectivity index (χ4v) is 1.49. The Kier molecular flexibility index (Phi) is 3.24. The van der Waals surface area contributed by atoms with Crippen LogP contribution in [-0.4, -0.2) is 33.3 Å². The van der Waals surface area contributed by atoms with Gasteiger partial charge in [0, 0.05) is 12.8 Å². The van der Waals surface area contributed by atoms with E-state index in [1.807, 2.05) is 0 Å². The second kappa shape index (κ2) is 4.84. The lowest BCUT2D eigenvalue weighted by Gasteiger charge is -2.21. The molecule has 0 unspecified atom stereocenters. The topological polar surface area (TPSA) is 87.2 Å². The number of carbonyl (C=O) groups excluding carboxylic acids is 3. The van der Waals surface area contributed by atoms with Gasteiger partial charge in [-0.2, -0.15) is 5.01 Å². The third-order valence-electron chi connectivity index (χ3n) is 2.33. The van der Waals surface area contributed by atoms with Gasteiger partial charge >= 0.3 is 6.09 Å². The summed E-state index contributed by atoms with van der Waals surface area (Å²) in [5.41, 5.74) is 0. The van der Waals surface area contributed by atoms with Gasteiger partial charge in [-0.25, -0.2) is 4.79 Å². The molecule has 1 aromatic carbocycles. The second-order valence-corrected chi connectivity index (χ2v) is 3.57. The van der Waals surface area contributed by atoms with Crippen LogP contribution in [0, 0.1) is 0 Å². The average Bonchev–Trinajstić information content (AvgIpc) is 2.69. The minimum absolute atomic E-state index is 0.0332. The Labute approximate surface area is 102 Å². The minimum atomic E-state index is -1.22. The molecule has 7 nitrogen and oxygen atoms in total. The van der Waals surface area contributed by atoms with E-state index in [9.17, 15) is 19.6 Å². The maximum Gasteiger partial charge on any atom is 0.460 e. The van der Waals surface area contributed by atoms with Crippen molar-refractivity contribution in [2.75, 3.05) is 0 Å². The standard InChI is InChI=1S/C11H10N2O5/c14-9-6-7-10(15)12(9)13(17)11(16)18-8-4-2-1-3-5-8/h1-5,17H,6-7H2. The van der Waals surface area contributed by atoms with Crippen molar-refractivity contribution in [1.29, 1.82) is 0 Å². The van der Waals surface area contributed by atoms with Crippen molar-refractivity contribution in [2.24, 2.45) is 0 Å². The molecule has 1 aliphatic rings. The number of amides is 3. The molecule has 0 aromatic heterocycles. The number of hydrogen-bond donors (Lipinski definition) is 1. The number of hydrogen-bond acceptors (Lipinski definition) is 5. The van der Waals surface area contributed by atoms with Crippen LogP contribution >= 0.6 is 0 Å². The normalized spacial score (nSPS) is 14.8. The molecule has 0 aliphatic carbocycles. The molecule has 0 atom stereocenters. The van der Waals surface area contributed by atoms with Gasteiger partial charge in [0.25, 0.3) is 11.8 Å². The molecule has 1 heterocycles. The van der Waals surface area contributed by atoms with Crippen molar-refractivity contribution in [2.45, 2.75) is 12.8 Å². The summed E-state index contributed by atoms with van der Waals surface area (Å²) in [6.45, 7) is 0. The highest BCUT2D eigenvalue weighted by Crippen LogP contribution is 2.16. The monoisotopic (exact) mass is 250 g/mol. The maximum absolute atomic E-state index is 11.5. The van der Waals surface area contributed by atoms with Crippen LogP contribution in [-0.2, 0) is 9.59 Å². The van der Waals surface area contributed by atoms with E-state index in [2.05, 4.69) is 0 Å². The Morgan fingerprint density at radius 2 is 1.72 bits per heavy atom. The number of benzene rings is 1. The van der Waals surface area contributed by atoms with E-state index in [0.29, 0.717) is 5.01 Å². The lowest BCUT2D eigenvalue weighted by Crippen LogP contribution is -2.48. The number of para-hydroxylation sites is 1. The van der Waals surface area contributed by atoms with Gasteiger partial charge in [-0.05, 0) is 12.1 Å². The van der Waals surface area contributed by atoms with Gasteiger partial charge in [0.15, 0.2) is 0 Å². The Balaban J connectivity index is 2.05. The first-order valence-corrected chi connectivity index (χ1v) is 5.21. The fraction of sp³-hybridized carbons (Fsp3) is 0.182. The zero-order valence-electron chi connectivity index (χ0n) is 9.28. The quantitative estimate of drug-likeness (QED) is 0.479. The Morgan fingerprint density at radius 3 is 2.28 bits per heavy atom. The van der Waals surface area contributed by atoms with Crippen LogP contribution in [0.4, 0.5) is 4.79 Å². The summed E-state index contributed by atoms with van der Waals surface area (Å²) in [4.78, 5) is 34.1. The summed E-state index contributed by atoms with van der Waals surface area (Å²) in [5.74, 6) is -1.10. The molecule has 1 saturated heterocycles. The molecule has 1 aliphatic heterocycles. The summed E-state index contributed by atoms with van der Waals surface area (Å²) in [7, 11) is 0. The highest BCUT2D eigenvalue weighted by molar-refractivity contribution is 6.02. The van der Waals surface area contributed by atoms with Crippen LogP contribution in [0.1, 0.15) is 12.8 Å². The first-order valence-electron chi connectivity index (χ1n) is 5.21. The number of carbonyl (C=O) groups is 3. The molecule has 1 fully saturated rings. The van der Waals surface area contributed by atoms with Gasteiger partial charge in [-0.3, -0.25) is 14.8 Å². The average molecular weight is 250 g/mol. The molecular formula is C11H10N2O5.